The zero-order chi connectivity index (χ0) is 24.5. The molecule has 0 aliphatic rings. The Morgan fingerprint density at radius 3 is 2.32 bits per heavy atom. The van der Waals surface area contributed by atoms with Crippen LogP contribution in [-0.2, 0) is 18.8 Å². The van der Waals surface area contributed by atoms with Crippen LogP contribution in [0.25, 0.3) is 22.4 Å². The highest BCUT2D eigenvalue weighted by Crippen LogP contribution is 2.36. The molecule has 4 heterocycles. The first kappa shape index (κ1) is 23.4. The van der Waals surface area contributed by atoms with Crippen LogP contribution in [0.15, 0.2) is 54.9 Å². The number of pyridine rings is 4. The molecule has 5 nitrogen and oxygen atoms in total. The van der Waals surface area contributed by atoms with Crippen molar-refractivity contribution in [1.29, 1.82) is 0 Å². The van der Waals surface area contributed by atoms with E-state index in [4.69, 9.17) is 0 Å². The summed E-state index contributed by atoms with van der Waals surface area (Å²) < 4.78 is 78.8. The molecule has 11 heteroatoms. The Balaban J connectivity index is 1.79. The van der Waals surface area contributed by atoms with Gasteiger partial charge in [0.25, 0.3) is 0 Å². The number of alkyl halides is 6. The minimum absolute atomic E-state index is 0.000165. The van der Waals surface area contributed by atoms with Crippen molar-refractivity contribution in [2.24, 2.45) is 0 Å². The molecule has 0 spiro atoms. The maximum absolute atomic E-state index is 13.5. The van der Waals surface area contributed by atoms with Crippen LogP contribution in [-0.4, -0.2) is 19.9 Å². The van der Waals surface area contributed by atoms with Crippen molar-refractivity contribution >= 4 is 22.5 Å². The maximum Gasteiger partial charge on any atom is 0.418 e. The molecule has 34 heavy (non-hydrogen) atoms. The van der Waals surface area contributed by atoms with E-state index in [1.54, 1.807) is 12.1 Å². The fourth-order valence-corrected chi connectivity index (χ4v) is 3.39. The van der Waals surface area contributed by atoms with Crippen molar-refractivity contribution < 1.29 is 26.3 Å². The van der Waals surface area contributed by atoms with Crippen LogP contribution in [0.4, 0.5) is 37.8 Å². The van der Waals surface area contributed by atoms with E-state index >= 15 is 0 Å². The molecule has 0 radical (unpaired) electrons. The van der Waals surface area contributed by atoms with Gasteiger partial charge in [0.15, 0.2) is 5.65 Å². The monoisotopic (exact) mass is 477 g/mol. The number of aromatic nitrogens is 4. The van der Waals surface area contributed by atoms with Crippen molar-refractivity contribution in [3.8, 4) is 11.4 Å². The number of fused-ring (bicyclic) bond motifs is 1. The number of aryl methyl sites for hydroxylation is 1. The van der Waals surface area contributed by atoms with E-state index in [0.717, 1.165) is 24.8 Å². The fourth-order valence-electron chi connectivity index (χ4n) is 3.39. The summed E-state index contributed by atoms with van der Waals surface area (Å²) in [6, 6.07) is 8.88. The lowest BCUT2D eigenvalue weighted by Gasteiger charge is -2.14. The second-order valence-corrected chi connectivity index (χ2v) is 7.43. The van der Waals surface area contributed by atoms with Gasteiger partial charge in [-0.3, -0.25) is 4.98 Å². The Bertz CT molecular complexity index is 1320. The molecule has 0 amide bonds. The second kappa shape index (κ2) is 8.88. The Labute approximate surface area is 189 Å². The lowest BCUT2D eigenvalue weighted by atomic mass is 10.1. The molecule has 0 saturated carbocycles. The standard InChI is InChI=1S/C23H17F6N5/c1-2-4-14-11-18(33-19-9-6-13(12-31-19)22(24,25)26)15-7-8-17(34-21(15)32-14)20-16(23(27,28)29)5-3-10-30-20/h3,5-12H,2,4H2,1H3,(H,31,32,33,34). The molecule has 0 bridgehead atoms. The molecule has 0 aliphatic heterocycles. The predicted molar refractivity (Wildman–Crippen MR) is 114 cm³/mol. The average Bonchev–Trinajstić information content (AvgIpc) is 2.78. The third-order valence-electron chi connectivity index (χ3n) is 4.94. The quantitative estimate of drug-likeness (QED) is 0.320. The highest BCUT2D eigenvalue weighted by atomic mass is 19.4. The summed E-state index contributed by atoms with van der Waals surface area (Å²) in [6.45, 7) is 1.93. The summed E-state index contributed by atoms with van der Waals surface area (Å²) in [4.78, 5) is 16.5. The first-order chi connectivity index (χ1) is 16.1. The van der Waals surface area contributed by atoms with Gasteiger partial charge >= 0.3 is 12.4 Å². The highest BCUT2D eigenvalue weighted by Gasteiger charge is 2.34. The van der Waals surface area contributed by atoms with Gasteiger partial charge in [0.1, 0.15) is 11.5 Å². The van der Waals surface area contributed by atoms with Crippen LogP contribution in [0.3, 0.4) is 0 Å². The summed E-state index contributed by atoms with van der Waals surface area (Å²) in [5.74, 6) is 0.163. The van der Waals surface area contributed by atoms with E-state index < -0.39 is 23.5 Å². The third-order valence-corrected chi connectivity index (χ3v) is 4.94. The molecule has 4 rings (SSSR count). The molecule has 176 valence electrons. The Kier molecular flexibility index (Phi) is 6.11. The topological polar surface area (TPSA) is 63.6 Å². The molecule has 4 aromatic heterocycles. The van der Waals surface area contributed by atoms with Crippen molar-refractivity contribution in [3.63, 3.8) is 0 Å². The number of nitrogens with zero attached hydrogens (tertiary/aromatic N) is 4. The number of halogens is 6. The summed E-state index contributed by atoms with van der Waals surface area (Å²) in [6.07, 6.45) is -5.85. The molecule has 0 aliphatic carbocycles. The van der Waals surface area contributed by atoms with Gasteiger partial charge in [0, 0.05) is 23.5 Å². The van der Waals surface area contributed by atoms with Gasteiger partial charge in [-0.05, 0) is 48.9 Å². The highest BCUT2D eigenvalue weighted by molar-refractivity contribution is 5.92. The van der Waals surface area contributed by atoms with Gasteiger partial charge in [0.2, 0.25) is 0 Å². The number of anilines is 2. The van der Waals surface area contributed by atoms with Gasteiger partial charge < -0.3 is 5.32 Å². The fraction of sp³-hybridized carbons (Fsp3) is 0.217. The summed E-state index contributed by atoms with van der Waals surface area (Å²) in [5, 5.41) is 3.43. The second-order valence-electron chi connectivity index (χ2n) is 7.43. The predicted octanol–water partition coefficient (Wildman–Crippen LogP) is 6.82. The van der Waals surface area contributed by atoms with Crippen LogP contribution in [0.2, 0.25) is 0 Å². The van der Waals surface area contributed by atoms with E-state index in [-0.39, 0.29) is 22.9 Å². The average molecular weight is 477 g/mol. The lowest BCUT2D eigenvalue weighted by molar-refractivity contribution is -0.138. The molecule has 4 aromatic rings. The van der Waals surface area contributed by atoms with Gasteiger partial charge in [-0.1, -0.05) is 13.3 Å². The van der Waals surface area contributed by atoms with Crippen molar-refractivity contribution in [3.05, 3.63) is 71.7 Å². The zero-order valence-electron chi connectivity index (χ0n) is 17.7. The Morgan fingerprint density at radius 1 is 0.882 bits per heavy atom. The largest absolute Gasteiger partial charge is 0.418 e. The smallest absolute Gasteiger partial charge is 0.340 e. The number of hydrogen-bond donors (Lipinski definition) is 1. The Hall–Kier alpha value is -3.76. The molecule has 0 unspecified atom stereocenters. The number of hydrogen-bond acceptors (Lipinski definition) is 5. The van der Waals surface area contributed by atoms with Crippen molar-refractivity contribution in [2.45, 2.75) is 32.1 Å². The van der Waals surface area contributed by atoms with Gasteiger partial charge in [0.05, 0.1) is 22.5 Å². The van der Waals surface area contributed by atoms with E-state index in [9.17, 15) is 26.3 Å². The number of rotatable bonds is 5. The third kappa shape index (κ3) is 4.92. The maximum atomic E-state index is 13.5. The van der Waals surface area contributed by atoms with Crippen molar-refractivity contribution in [1.82, 2.24) is 19.9 Å². The van der Waals surface area contributed by atoms with E-state index in [1.807, 2.05) is 6.92 Å². The molecule has 0 atom stereocenters. The minimum atomic E-state index is -4.61. The lowest BCUT2D eigenvalue weighted by Crippen LogP contribution is -2.09. The summed E-state index contributed by atoms with van der Waals surface area (Å²) in [7, 11) is 0. The molecule has 0 aromatic carbocycles. The van der Waals surface area contributed by atoms with Gasteiger partial charge in [-0.2, -0.15) is 26.3 Å². The molecule has 1 N–H and O–H groups in total. The normalized spacial score (nSPS) is 12.2. The molecule has 0 saturated heterocycles. The van der Waals surface area contributed by atoms with Crippen LogP contribution >= 0.6 is 0 Å². The summed E-state index contributed by atoms with van der Waals surface area (Å²) in [5.41, 5.74) is -0.858. The van der Waals surface area contributed by atoms with Gasteiger partial charge in [-0.15, -0.1) is 0 Å². The van der Waals surface area contributed by atoms with Crippen LogP contribution in [0.5, 0.6) is 0 Å². The molecular formula is C23H17F6N5. The van der Waals surface area contributed by atoms with Crippen LogP contribution in [0.1, 0.15) is 30.2 Å². The molecule has 0 fully saturated rings. The van der Waals surface area contributed by atoms with E-state index in [2.05, 4.69) is 25.3 Å². The van der Waals surface area contributed by atoms with Crippen molar-refractivity contribution in [2.75, 3.05) is 5.32 Å². The van der Waals surface area contributed by atoms with E-state index in [1.165, 1.54) is 24.4 Å². The minimum Gasteiger partial charge on any atom is -0.340 e. The first-order valence-electron chi connectivity index (χ1n) is 10.2. The zero-order valence-corrected chi connectivity index (χ0v) is 17.7. The SMILES string of the molecule is CCCc1cc(Nc2ccc(C(F)(F)F)cn2)c2ccc(-c3ncccc3C(F)(F)F)nc2n1. The summed E-state index contributed by atoms with van der Waals surface area (Å²) >= 11 is 0. The first-order valence-corrected chi connectivity index (χ1v) is 10.2. The van der Waals surface area contributed by atoms with Gasteiger partial charge in [-0.25, -0.2) is 15.0 Å². The van der Waals surface area contributed by atoms with Crippen LogP contribution in [0, 0.1) is 0 Å². The molecular weight excluding hydrogens is 460 g/mol. The van der Waals surface area contributed by atoms with Crippen LogP contribution < -0.4 is 5.32 Å². The number of nitrogens with one attached hydrogen (secondary N) is 1. The van der Waals surface area contributed by atoms with E-state index in [0.29, 0.717) is 23.2 Å². The Morgan fingerprint density at radius 2 is 1.68 bits per heavy atom.